The Balaban J connectivity index is -0.000000117. The smallest absolute Gasteiger partial charge is 0.408 e. The second-order valence-electron chi connectivity index (χ2n) is 9.90. The highest BCUT2D eigenvalue weighted by molar-refractivity contribution is 7.84. The summed E-state index contributed by atoms with van der Waals surface area (Å²) in [5.74, 6) is -3.93. The molecule has 0 unspecified atom stereocenters. The molecular weight excluding hydrogens is 1500 g/mol. The van der Waals surface area contributed by atoms with Gasteiger partial charge in [0, 0.05) is 17.4 Å². The van der Waals surface area contributed by atoms with Crippen LogP contribution in [0.5, 0.6) is 0 Å². The predicted molar refractivity (Wildman–Crippen MR) is 255 cm³/mol. The molecule has 0 bridgehead atoms. The van der Waals surface area contributed by atoms with Crippen molar-refractivity contribution in [2.24, 2.45) is 0 Å². The third kappa shape index (κ3) is 42.8. The van der Waals surface area contributed by atoms with Crippen LogP contribution < -0.4 is 0 Å². The molecule has 0 aromatic carbocycles. The van der Waals surface area contributed by atoms with Crippen LogP contribution in [0.4, 0.5) is 0 Å². The van der Waals surface area contributed by atoms with Crippen molar-refractivity contribution in [2.45, 2.75) is 55.0 Å². The average molecular weight is 1550 g/mol. The first-order chi connectivity index (χ1) is 28.2. The predicted octanol–water partition coefficient (Wildman–Crippen LogP) is -26.5. The van der Waals surface area contributed by atoms with Gasteiger partial charge in [0.1, 0.15) is 24.9 Å². The van der Waals surface area contributed by atoms with Gasteiger partial charge in [-0.25, -0.2) is 33.5 Å². The first-order valence-electron chi connectivity index (χ1n) is 13.6. The SMILES string of the molecule is O.O.O.O.O.O.O.O.O.O.O.O.O.O.O.O.O.O.O.O=S(=O)([O][Al])OC[C@H]1O[C@@H](O[C@]2(COS(=O)(=O)[O][Al])O[C@H](OS(=O)(=O)[O][Al])[C@@H](OS(=O)(=O)[O][Al])[C@@H]2OS(=O)(=O)[O][Al])[C@H](OS(=O)(=O)[O][Al])[C@@H](OS(=O)(=O)[O][Al])[C@@H]1OS(=O)(=O)[O][Al].[Al]. The fourth-order valence-electron chi connectivity index (χ4n) is 4.18. The maximum atomic E-state index is 12.8. The van der Waals surface area contributed by atoms with E-state index in [1.807, 2.05) is 0 Å². The van der Waals surface area contributed by atoms with Crippen LogP contribution in [-0.2, 0) is 157 Å². The Labute approximate surface area is 541 Å². The van der Waals surface area contributed by atoms with Crippen LogP contribution in [0.25, 0.3) is 0 Å². The third-order valence-electron chi connectivity index (χ3n) is 6.30. The zero-order valence-electron chi connectivity index (χ0n) is 38.8. The van der Waals surface area contributed by atoms with E-state index in [9.17, 15) is 67.3 Å². The number of hydrogen-bond acceptors (Lipinski definition) is 35. The summed E-state index contributed by atoms with van der Waals surface area (Å²) < 4.78 is 287. The van der Waals surface area contributed by atoms with Gasteiger partial charge in [-0.2, -0.15) is 67.3 Å². The van der Waals surface area contributed by atoms with Gasteiger partial charge in [-0.15, -0.1) is 0 Å². The van der Waals surface area contributed by atoms with E-state index in [0.717, 1.165) is 116 Å². The fraction of sp³-hybridized carbons (Fsp3) is 1.00. The first kappa shape index (κ1) is 138. The summed E-state index contributed by atoms with van der Waals surface area (Å²) in [6, 6.07) is 0. The molecule has 82 heavy (non-hydrogen) atoms. The number of hydrogen-bond donors (Lipinski definition) is 0. The van der Waals surface area contributed by atoms with Crippen LogP contribution >= 0.6 is 0 Å². The zero-order valence-corrected chi connectivity index (χ0v) is 55.7. The topological polar surface area (TPSA) is 1050 Å². The Morgan fingerprint density at radius 3 is 0.915 bits per heavy atom. The summed E-state index contributed by atoms with van der Waals surface area (Å²) in [6.07, 6.45) is -24.5. The van der Waals surface area contributed by atoms with Gasteiger partial charge >= 0.3 is 216 Å². The van der Waals surface area contributed by atoms with Gasteiger partial charge in [0.15, 0.2) is 24.6 Å². The van der Waals surface area contributed by atoms with Crippen LogP contribution in [0.1, 0.15) is 0 Å². The molecule has 0 aromatic heterocycles. The minimum Gasteiger partial charge on any atom is -0.412 e. The van der Waals surface area contributed by atoms with E-state index in [1.54, 1.807) is 0 Å². The molecule has 0 aromatic rings. The fourth-order valence-corrected chi connectivity index (χ4v) is 9.15. The minimum absolute atomic E-state index is 0. The number of ether oxygens (including phenoxy) is 3. The average Bonchev–Trinajstić information content (AvgIpc) is 3.44. The van der Waals surface area contributed by atoms with E-state index in [-0.39, 0.29) is 121 Å². The molecule has 2 fully saturated rings. The molecule has 0 aliphatic carbocycles. The maximum absolute atomic E-state index is 12.8. The highest BCUT2D eigenvalue weighted by Gasteiger charge is 2.66. The van der Waals surface area contributed by atoms with E-state index < -0.39 is 151 Å². The van der Waals surface area contributed by atoms with Crippen molar-refractivity contribution >= 4 is 234 Å². The van der Waals surface area contributed by atoms with Crippen molar-refractivity contribution < 1.29 is 245 Å². The molecule has 2 rings (SSSR count). The lowest BCUT2D eigenvalue weighted by Crippen LogP contribution is -2.66. The van der Waals surface area contributed by atoms with Gasteiger partial charge in [-0.05, 0) is 0 Å². The number of rotatable bonds is 28. The second-order valence-corrected chi connectivity index (χ2v) is 24.2. The lowest BCUT2D eigenvalue weighted by atomic mass is 9.99. The van der Waals surface area contributed by atoms with Gasteiger partial charge in [0.25, 0.3) is 0 Å². The Morgan fingerprint density at radius 2 is 0.585 bits per heavy atom. The normalized spacial score (nSPS) is 21.5. The van der Waals surface area contributed by atoms with Crippen LogP contribution in [0.3, 0.4) is 0 Å². The highest BCUT2D eigenvalue weighted by Crippen LogP contribution is 2.44. The van der Waals surface area contributed by atoms with Gasteiger partial charge in [-0.3, -0.25) is 0 Å². The Morgan fingerprint density at radius 1 is 0.317 bits per heavy atom. The summed E-state index contributed by atoms with van der Waals surface area (Å²) in [6.45, 7) is -3.80. The molecule has 9 atom stereocenters. The molecule has 54 nitrogen and oxygen atoms in total. The lowest BCUT2D eigenvalue weighted by molar-refractivity contribution is -0.379. The van der Waals surface area contributed by atoms with Crippen molar-refractivity contribution in [2.75, 3.05) is 13.2 Å². The minimum atomic E-state index is -5.71. The molecule has 71 heteroatoms. The molecule has 0 saturated carbocycles. The van der Waals surface area contributed by atoms with Gasteiger partial charge in [0.2, 0.25) is 12.1 Å². The van der Waals surface area contributed by atoms with Crippen LogP contribution in [0, 0.1) is 0 Å². The summed E-state index contributed by atoms with van der Waals surface area (Å²) in [7, 11) is -44.3. The Bertz CT molecular complexity index is 2450. The van der Waals surface area contributed by atoms with Crippen molar-refractivity contribution in [1.29, 1.82) is 0 Å². The van der Waals surface area contributed by atoms with Crippen LogP contribution in [0.2, 0.25) is 0 Å². The van der Waals surface area contributed by atoms with E-state index in [0.29, 0.717) is 0 Å². The molecule has 0 spiro atoms. The molecular formula is C11H50Al9O54S8. The monoisotopic (exact) mass is 1540 g/mol. The largest absolute Gasteiger partial charge is 0.412 e. The van der Waals surface area contributed by atoms with Gasteiger partial charge in [0.05, 0.1) is 6.61 Å². The van der Waals surface area contributed by atoms with Crippen molar-refractivity contribution in [1.82, 2.24) is 0 Å². The van der Waals surface area contributed by atoms with E-state index in [2.05, 4.69) is 42.6 Å². The van der Waals surface area contributed by atoms with Crippen LogP contribution in [-0.4, -0.2) is 390 Å². The van der Waals surface area contributed by atoms with E-state index >= 15 is 0 Å². The van der Waals surface area contributed by atoms with Gasteiger partial charge < -0.3 is 144 Å². The molecule has 2 aliphatic heterocycles. The molecule has 2 heterocycles. The van der Waals surface area contributed by atoms with E-state index in [4.69, 9.17) is 30.9 Å². The molecule has 2 saturated heterocycles. The van der Waals surface area contributed by atoms with E-state index in [1.165, 1.54) is 16.6 Å². The molecule has 19 radical (unpaired) electrons. The highest BCUT2D eigenvalue weighted by atomic mass is 32.3. The van der Waals surface area contributed by atoms with Crippen molar-refractivity contribution in [3.8, 4) is 0 Å². The summed E-state index contributed by atoms with van der Waals surface area (Å²) in [5, 5.41) is 0. The maximum Gasteiger partial charge on any atom is 0.408 e. The Kier molecular flexibility index (Phi) is 93.1. The summed E-state index contributed by atoms with van der Waals surface area (Å²) in [5.41, 5.74) is 0. The molecule has 2 aliphatic rings. The quantitative estimate of drug-likeness (QED) is 0.0656. The molecule has 0 amide bonds. The molecule has 38 N–H and O–H groups in total. The van der Waals surface area contributed by atoms with Crippen molar-refractivity contribution in [3.05, 3.63) is 0 Å². The first-order valence-corrected chi connectivity index (χ1v) is 28.0. The standard InChI is InChI=1S/C11H20O35S8.9Al.19H2O/c12-47(13,14)36-1-3-4(41-49(18,19)20)5(42-50(21,22)23)6(43-51(24,25)26)9(38-3)39-11(2-37-48(15,16)17)8(45-53(30,31)32)7(44-52(27,28)29)10(40-11)46-54(33,34)35;;;;;;;;;;;;;;;;;;;;;;;;;;;;/h3-10H,1-2H2,(H,12,13,14)(H,15,16,17)(H,18,19,20)(H,21,22,23)(H,24,25,26)(H,27,28,29)(H,30,31,32)(H,33,34,35);;;;;;;;;;19*1H2/q;;8*+1;;;;;;;;;;;;;;;;;;;/p-8/t3-,4-,5+,6-,7+,8+,9+,10-,11-;;;;;;;;;;;;;;;;;;;;;;;;;;;;/m1............................/s1. The third-order valence-corrected chi connectivity index (χ3v) is 17.4. The summed E-state index contributed by atoms with van der Waals surface area (Å²) in [4.78, 5) is 0. The second kappa shape index (κ2) is 55.5. The zero-order chi connectivity index (χ0) is 48.0. The van der Waals surface area contributed by atoms with Crippen LogP contribution in [0.15, 0.2) is 0 Å². The Hall–Kier alpha value is 2.87. The lowest BCUT2D eigenvalue weighted by Gasteiger charge is -2.46. The molecule has 493 valence electrons. The summed E-state index contributed by atoms with van der Waals surface area (Å²) >= 11 is 9.02. The van der Waals surface area contributed by atoms with Gasteiger partial charge in [-0.1, -0.05) is 0 Å². The van der Waals surface area contributed by atoms with Crippen molar-refractivity contribution in [3.63, 3.8) is 0 Å².